The van der Waals surface area contributed by atoms with Gasteiger partial charge in [-0.15, -0.1) is 6.58 Å². The van der Waals surface area contributed by atoms with E-state index in [0.29, 0.717) is 0 Å². The first kappa shape index (κ1) is 13.3. The fourth-order valence-corrected chi connectivity index (χ4v) is 0.430. The van der Waals surface area contributed by atoms with E-state index in [2.05, 4.69) is 6.58 Å². The van der Waals surface area contributed by atoms with Gasteiger partial charge in [0.2, 0.25) is 0 Å². The van der Waals surface area contributed by atoms with E-state index in [1.165, 1.54) is 0 Å². The molecule has 0 aromatic carbocycles. The van der Waals surface area contributed by atoms with Crippen LogP contribution in [0.4, 0.5) is 8.78 Å². The van der Waals surface area contributed by atoms with E-state index in [1.54, 1.807) is 0 Å². The molecular weight excluding hydrogens is 174 g/mol. The predicted octanol–water partition coefficient (Wildman–Crippen LogP) is 0.0268. The number of allylic oxidation sites excluding steroid dienone is 1. The van der Waals surface area contributed by atoms with Crippen LogP contribution in [0.3, 0.4) is 0 Å². The van der Waals surface area contributed by atoms with Crippen LogP contribution in [0.2, 0.25) is 0 Å². The van der Waals surface area contributed by atoms with Crippen molar-refractivity contribution in [1.82, 2.24) is 0 Å². The van der Waals surface area contributed by atoms with Crippen molar-refractivity contribution in [3.8, 4) is 0 Å². The van der Waals surface area contributed by atoms with Gasteiger partial charge in [0.1, 0.15) is 0 Å². The third-order valence-corrected chi connectivity index (χ3v) is 0.927. The van der Waals surface area contributed by atoms with Gasteiger partial charge in [-0.3, -0.25) is 4.79 Å². The molecule has 70 valence electrons. The third-order valence-electron chi connectivity index (χ3n) is 0.927. The standard InChI is InChI=1S/C6H6F2O3.H2O/c1-2-3-6(7,8)4(9)5(10)11;/h2H,1,3H2,(H,10,11);1H2. The van der Waals surface area contributed by atoms with Crippen molar-refractivity contribution in [2.24, 2.45) is 0 Å². The number of hydrogen-bond donors (Lipinski definition) is 1. The molecule has 0 saturated heterocycles. The number of Topliss-reactive ketones (excluding diaryl/α,β-unsaturated/α-hetero) is 1. The number of rotatable bonds is 4. The molecular formula is C6H8F2O4. The molecule has 0 radical (unpaired) electrons. The molecule has 0 aliphatic carbocycles. The Morgan fingerprint density at radius 1 is 1.50 bits per heavy atom. The number of alkyl halides is 2. The summed E-state index contributed by atoms with van der Waals surface area (Å²) in [4.78, 5) is 19.9. The van der Waals surface area contributed by atoms with Crippen molar-refractivity contribution in [2.45, 2.75) is 12.3 Å². The molecule has 0 heterocycles. The van der Waals surface area contributed by atoms with Gasteiger partial charge < -0.3 is 10.6 Å². The Kier molecular flexibility index (Phi) is 5.05. The number of carboxylic acid groups (broad SMARTS) is 1. The molecule has 0 aromatic heterocycles. The van der Waals surface area contributed by atoms with Gasteiger partial charge in [-0.1, -0.05) is 6.08 Å². The number of carboxylic acids is 1. The summed E-state index contributed by atoms with van der Waals surface area (Å²) in [5.41, 5.74) is 0. The van der Waals surface area contributed by atoms with Crippen LogP contribution in [0, 0.1) is 0 Å². The second kappa shape index (κ2) is 4.55. The molecule has 4 nitrogen and oxygen atoms in total. The van der Waals surface area contributed by atoms with E-state index in [4.69, 9.17) is 5.11 Å². The van der Waals surface area contributed by atoms with Crippen LogP contribution >= 0.6 is 0 Å². The van der Waals surface area contributed by atoms with Gasteiger partial charge in [0.25, 0.3) is 0 Å². The summed E-state index contributed by atoms with van der Waals surface area (Å²) in [6, 6.07) is 0. The molecule has 0 aliphatic rings. The molecule has 0 spiro atoms. The smallest absolute Gasteiger partial charge is 0.378 e. The predicted molar refractivity (Wildman–Crippen MR) is 36.0 cm³/mol. The second-order valence-electron chi connectivity index (χ2n) is 1.83. The summed E-state index contributed by atoms with van der Waals surface area (Å²) >= 11 is 0. The molecule has 0 aliphatic heterocycles. The van der Waals surface area contributed by atoms with E-state index in [-0.39, 0.29) is 5.48 Å². The topological polar surface area (TPSA) is 85.9 Å². The molecule has 0 fully saturated rings. The van der Waals surface area contributed by atoms with Crippen molar-refractivity contribution in [1.29, 1.82) is 0 Å². The van der Waals surface area contributed by atoms with E-state index in [9.17, 15) is 18.4 Å². The van der Waals surface area contributed by atoms with Gasteiger partial charge in [-0.2, -0.15) is 8.78 Å². The average molecular weight is 182 g/mol. The van der Waals surface area contributed by atoms with Gasteiger partial charge in [0, 0.05) is 6.42 Å². The summed E-state index contributed by atoms with van der Waals surface area (Å²) in [6.07, 6.45) is -0.154. The zero-order valence-corrected chi connectivity index (χ0v) is 6.01. The van der Waals surface area contributed by atoms with Crippen molar-refractivity contribution in [2.75, 3.05) is 0 Å². The average Bonchev–Trinajstić information content (AvgIpc) is 1.86. The minimum Gasteiger partial charge on any atom is -0.475 e. The third kappa shape index (κ3) is 3.20. The maximum atomic E-state index is 12.3. The summed E-state index contributed by atoms with van der Waals surface area (Å²) in [7, 11) is 0. The van der Waals surface area contributed by atoms with E-state index >= 15 is 0 Å². The lowest BCUT2D eigenvalue weighted by Crippen LogP contribution is -2.34. The van der Waals surface area contributed by atoms with Crippen molar-refractivity contribution in [3.05, 3.63) is 12.7 Å². The Morgan fingerprint density at radius 2 is 1.92 bits per heavy atom. The SMILES string of the molecule is C=CCC(F)(F)C(=O)C(=O)O.O. The number of ketones is 1. The zero-order valence-electron chi connectivity index (χ0n) is 6.01. The highest BCUT2D eigenvalue weighted by molar-refractivity contribution is 6.35. The monoisotopic (exact) mass is 182 g/mol. The summed E-state index contributed by atoms with van der Waals surface area (Å²) in [5.74, 6) is -8.05. The normalized spacial score (nSPS) is 9.83. The van der Waals surface area contributed by atoms with E-state index < -0.39 is 24.1 Å². The van der Waals surface area contributed by atoms with Gasteiger partial charge in [-0.25, -0.2) is 4.79 Å². The first-order valence-corrected chi connectivity index (χ1v) is 2.68. The minimum absolute atomic E-state index is 0. The lowest BCUT2D eigenvalue weighted by Gasteiger charge is -2.08. The van der Waals surface area contributed by atoms with Crippen LogP contribution in [0.5, 0.6) is 0 Å². The quantitative estimate of drug-likeness (QED) is 0.491. The lowest BCUT2D eigenvalue weighted by atomic mass is 10.1. The molecule has 0 amide bonds. The van der Waals surface area contributed by atoms with Crippen LogP contribution < -0.4 is 0 Å². The maximum absolute atomic E-state index is 12.3. The molecule has 6 heteroatoms. The Balaban J connectivity index is 0. The number of carbonyl (C=O) groups is 2. The Hall–Kier alpha value is -1.30. The van der Waals surface area contributed by atoms with Crippen molar-refractivity contribution in [3.63, 3.8) is 0 Å². The fraction of sp³-hybridized carbons (Fsp3) is 0.333. The van der Waals surface area contributed by atoms with Gasteiger partial charge in [0.15, 0.2) is 0 Å². The van der Waals surface area contributed by atoms with Gasteiger partial charge in [0.05, 0.1) is 0 Å². The molecule has 0 saturated carbocycles. The zero-order chi connectivity index (χ0) is 9.07. The van der Waals surface area contributed by atoms with Crippen molar-refractivity contribution >= 4 is 11.8 Å². The largest absolute Gasteiger partial charge is 0.475 e. The molecule has 0 aromatic rings. The van der Waals surface area contributed by atoms with Crippen LogP contribution in [-0.4, -0.2) is 28.3 Å². The first-order valence-electron chi connectivity index (χ1n) is 2.68. The molecule has 0 atom stereocenters. The van der Waals surface area contributed by atoms with Crippen molar-refractivity contribution < 1.29 is 29.0 Å². The number of hydrogen-bond acceptors (Lipinski definition) is 2. The molecule has 3 N–H and O–H groups in total. The highest BCUT2D eigenvalue weighted by Crippen LogP contribution is 2.19. The number of halogens is 2. The first-order chi connectivity index (χ1) is 4.91. The number of carbonyl (C=O) groups excluding carboxylic acids is 1. The highest BCUT2D eigenvalue weighted by Gasteiger charge is 2.41. The molecule has 0 bridgehead atoms. The molecule has 0 rings (SSSR count). The summed E-state index contributed by atoms with van der Waals surface area (Å²) in [5, 5.41) is 7.88. The summed E-state index contributed by atoms with van der Waals surface area (Å²) in [6.45, 7) is 2.96. The second-order valence-corrected chi connectivity index (χ2v) is 1.83. The summed E-state index contributed by atoms with van der Waals surface area (Å²) < 4.78 is 24.5. The minimum atomic E-state index is -3.83. The Bertz CT molecular complexity index is 200. The van der Waals surface area contributed by atoms with E-state index in [0.717, 1.165) is 6.08 Å². The van der Waals surface area contributed by atoms with Gasteiger partial charge in [-0.05, 0) is 0 Å². The van der Waals surface area contributed by atoms with Crippen LogP contribution in [0.25, 0.3) is 0 Å². The highest BCUT2D eigenvalue weighted by atomic mass is 19.3. The molecule has 0 unspecified atom stereocenters. The lowest BCUT2D eigenvalue weighted by molar-refractivity contribution is -0.161. The Labute approximate surface area is 66.8 Å². The maximum Gasteiger partial charge on any atom is 0.378 e. The number of aliphatic carboxylic acids is 1. The fourth-order valence-electron chi connectivity index (χ4n) is 0.430. The van der Waals surface area contributed by atoms with Gasteiger partial charge >= 0.3 is 17.7 Å². The van der Waals surface area contributed by atoms with Crippen LogP contribution in [-0.2, 0) is 9.59 Å². The van der Waals surface area contributed by atoms with E-state index in [1.807, 2.05) is 0 Å². The Morgan fingerprint density at radius 3 is 2.17 bits per heavy atom. The van der Waals surface area contributed by atoms with Crippen LogP contribution in [0.1, 0.15) is 6.42 Å². The van der Waals surface area contributed by atoms with Crippen LogP contribution in [0.15, 0.2) is 12.7 Å². The molecule has 12 heavy (non-hydrogen) atoms.